The van der Waals surface area contributed by atoms with Gasteiger partial charge in [-0.1, -0.05) is 97.9 Å². The maximum atomic E-state index is 13.6. The minimum atomic E-state index is -0.582. The summed E-state index contributed by atoms with van der Waals surface area (Å²) in [7, 11) is 0. The van der Waals surface area contributed by atoms with E-state index in [0.29, 0.717) is 18.7 Å². The van der Waals surface area contributed by atoms with Crippen LogP contribution in [0.3, 0.4) is 0 Å². The molecule has 0 aliphatic rings. The van der Waals surface area contributed by atoms with Crippen molar-refractivity contribution < 1.29 is 9.59 Å². The van der Waals surface area contributed by atoms with Gasteiger partial charge in [0.05, 0.1) is 5.75 Å². The molecule has 0 radical (unpaired) electrons. The van der Waals surface area contributed by atoms with Gasteiger partial charge < -0.3 is 10.2 Å². The van der Waals surface area contributed by atoms with E-state index in [0.717, 1.165) is 23.3 Å². The summed E-state index contributed by atoms with van der Waals surface area (Å²) in [5, 5.41) is 3.11. The second kappa shape index (κ2) is 13.6. The molecule has 0 aliphatic carbocycles. The van der Waals surface area contributed by atoms with E-state index < -0.39 is 6.04 Å². The fourth-order valence-corrected chi connectivity index (χ4v) is 4.56. The Kier molecular flexibility index (Phi) is 10.2. The number of rotatable bonds is 12. The summed E-state index contributed by atoms with van der Waals surface area (Å²) in [6.45, 7) is 4.44. The third kappa shape index (κ3) is 8.07. The number of carbonyl (C=O) groups is 2. The van der Waals surface area contributed by atoms with Crippen molar-refractivity contribution in [2.24, 2.45) is 0 Å². The Balaban J connectivity index is 1.83. The normalized spacial score (nSPS) is 12.5. The number of nitrogens with zero attached hydrogens (tertiary/aromatic N) is 1. The van der Waals surface area contributed by atoms with Crippen LogP contribution in [0.2, 0.25) is 0 Å². The number of hydrogen-bond acceptors (Lipinski definition) is 3. The molecule has 0 aromatic heterocycles. The number of hydrogen-bond donors (Lipinski definition) is 1. The van der Waals surface area contributed by atoms with E-state index in [2.05, 4.69) is 17.4 Å². The molecule has 3 aromatic rings. The van der Waals surface area contributed by atoms with Gasteiger partial charge in [-0.2, -0.15) is 0 Å². The van der Waals surface area contributed by atoms with Crippen LogP contribution in [-0.4, -0.2) is 34.6 Å². The first-order chi connectivity index (χ1) is 16.6. The summed E-state index contributed by atoms with van der Waals surface area (Å²) in [6, 6.07) is 29.4. The van der Waals surface area contributed by atoms with Crippen molar-refractivity contribution in [1.29, 1.82) is 0 Å². The quantitative estimate of drug-likeness (QED) is 0.378. The van der Waals surface area contributed by atoms with Gasteiger partial charge in [0.15, 0.2) is 0 Å². The van der Waals surface area contributed by atoms with Gasteiger partial charge in [-0.05, 0) is 30.0 Å². The average Bonchev–Trinajstić information content (AvgIpc) is 2.87. The number of thioether (sulfide) groups is 1. The highest BCUT2D eigenvalue weighted by atomic mass is 32.2. The van der Waals surface area contributed by atoms with Gasteiger partial charge in [-0.25, -0.2) is 0 Å². The van der Waals surface area contributed by atoms with Crippen molar-refractivity contribution in [3.8, 4) is 0 Å². The molecule has 0 bridgehead atoms. The third-order valence-corrected chi connectivity index (χ3v) is 6.79. The lowest BCUT2D eigenvalue weighted by Gasteiger charge is -2.32. The monoisotopic (exact) mass is 474 g/mol. The summed E-state index contributed by atoms with van der Waals surface area (Å²) >= 11 is 1.58. The molecule has 5 heteroatoms. The molecule has 0 saturated carbocycles. The molecule has 3 aromatic carbocycles. The van der Waals surface area contributed by atoms with Crippen LogP contribution in [0.25, 0.3) is 0 Å². The highest BCUT2D eigenvalue weighted by Crippen LogP contribution is 2.18. The molecule has 1 N–H and O–H groups in total. The zero-order chi connectivity index (χ0) is 24.2. The molecule has 2 atom stereocenters. The van der Waals surface area contributed by atoms with Crippen molar-refractivity contribution in [2.45, 2.75) is 51.1 Å². The highest BCUT2D eigenvalue weighted by Gasteiger charge is 2.30. The van der Waals surface area contributed by atoms with Gasteiger partial charge in [-0.3, -0.25) is 9.59 Å². The number of benzene rings is 3. The summed E-state index contributed by atoms with van der Waals surface area (Å²) < 4.78 is 0. The standard InChI is InChI=1S/C29H34N2O2S/c1-3-23(2)30-29(33)27(19-24-13-7-4-8-14-24)31(20-25-15-9-5-10-16-25)28(32)22-34-21-26-17-11-6-12-18-26/h4-18,23,27H,3,19-22H2,1-2H3,(H,30,33)/t23-,27-/m0/s1. The van der Waals surface area contributed by atoms with Crippen molar-refractivity contribution >= 4 is 23.6 Å². The smallest absolute Gasteiger partial charge is 0.243 e. The van der Waals surface area contributed by atoms with Crippen LogP contribution in [-0.2, 0) is 28.3 Å². The molecule has 4 nitrogen and oxygen atoms in total. The third-order valence-electron chi connectivity index (χ3n) is 5.80. The van der Waals surface area contributed by atoms with E-state index in [-0.39, 0.29) is 17.9 Å². The Morgan fingerprint density at radius 1 is 0.824 bits per heavy atom. The molecule has 3 rings (SSSR count). The first kappa shape index (κ1) is 25.6. The Morgan fingerprint density at radius 2 is 1.35 bits per heavy atom. The van der Waals surface area contributed by atoms with Crippen LogP contribution in [0, 0.1) is 0 Å². The molecular weight excluding hydrogens is 440 g/mol. The summed E-state index contributed by atoms with van der Waals surface area (Å²) in [5.41, 5.74) is 3.23. The lowest BCUT2D eigenvalue weighted by Crippen LogP contribution is -2.52. The summed E-state index contributed by atoms with van der Waals surface area (Å²) in [6.07, 6.45) is 1.31. The number of nitrogens with one attached hydrogen (secondary N) is 1. The number of amides is 2. The Morgan fingerprint density at radius 3 is 1.91 bits per heavy atom. The Hall–Kier alpha value is -3.05. The topological polar surface area (TPSA) is 49.4 Å². The molecule has 0 saturated heterocycles. The van der Waals surface area contributed by atoms with E-state index in [9.17, 15) is 9.59 Å². The maximum absolute atomic E-state index is 13.6. The molecular formula is C29H34N2O2S. The molecule has 0 fully saturated rings. The minimum absolute atomic E-state index is 0.0231. The SMILES string of the molecule is CC[C@H](C)NC(=O)[C@H](Cc1ccccc1)N(Cc1ccccc1)C(=O)CSCc1ccccc1. The van der Waals surface area contributed by atoms with E-state index >= 15 is 0 Å². The zero-order valence-electron chi connectivity index (χ0n) is 20.0. The van der Waals surface area contributed by atoms with Gasteiger partial charge in [0.2, 0.25) is 11.8 Å². The van der Waals surface area contributed by atoms with Crippen LogP contribution < -0.4 is 5.32 Å². The van der Waals surface area contributed by atoms with Crippen molar-refractivity contribution in [3.63, 3.8) is 0 Å². The van der Waals surface area contributed by atoms with Crippen molar-refractivity contribution in [2.75, 3.05) is 5.75 Å². The lowest BCUT2D eigenvalue weighted by atomic mass is 10.0. The van der Waals surface area contributed by atoms with E-state index in [4.69, 9.17) is 0 Å². The van der Waals surface area contributed by atoms with Crippen LogP contribution in [0.4, 0.5) is 0 Å². The Labute approximate surface area is 207 Å². The molecule has 0 unspecified atom stereocenters. The second-order valence-electron chi connectivity index (χ2n) is 8.51. The van der Waals surface area contributed by atoms with Crippen molar-refractivity contribution in [3.05, 3.63) is 108 Å². The average molecular weight is 475 g/mol. The van der Waals surface area contributed by atoms with E-state index in [1.807, 2.05) is 92.7 Å². The predicted molar refractivity (Wildman–Crippen MR) is 141 cm³/mol. The minimum Gasteiger partial charge on any atom is -0.352 e. The molecule has 0 aliphatic heterocycles. The fraction of sp³-hybridized carbons (Fsp3) is 0.310. The maximum Gasteiger partial charge on any atom is 0.243 e. The van der Waals surface area contributed by atoms with Crippen LogP contribution in [0.1, 0.15) is 37.0 Å². The lowest BCUT2D eigenvalue weighted by molar-refractivity contribution is -0.139. The predicted octanol–water partition coefficient (Wildman–Crippen LogP) is 5.47. The van der Waals surface area contributed by atoms with Crippen molar-refractivity contribution in [1.82, 2.24) is 10.2 Å². The highest BCUT2D eigenvalue weighted by molar-refractivity contribution is 7.99. The Bertz CT molecular complexity index is 1010. The van der Waals surface area contributed by atoms with E-state index in [1.54, 1.807) is 16.7 Å². The van der Waals surface area contributed by atoms with Gasteiger partial charge in [0.1, 0.15) is 6.04 Å². The van der Waals surface area contributed by atoms with Crippen LogP contribution in [0.15, 0.2) is 91.0 Å². The largest absolute Gasteiger partial charge is 0.352 e. The van der Waals surface area contributed by atoms with Gasteiger partial charge in [0, 0.05) is 24.8 Å². The van der Waals surface area contributed by atoms with Crippen LogP contribution >= 0.6 is 11.8 Å². The fourth-order valence-electron chi connectivity index (χ4n) is 3.69. The summed E-state index contributed by atoms with van der Waals surface area (Å²) in [4.78, 5) is 28.8. The first-order valence-corrected chi connectivity index (χ1v) is 13.0. The number of carbonyl (C=O) groups excluding carboxylic acids is 2. The van der Waals surface area contributed by atoms with Gasteiger partial charge in [0.25, 0.3) is 0 Å². The molecule has 0 heterocycles. The van der Waals surface area contributed by atoms with Gasteiger partial charge >= 0.3 is 0 Å². The first-order valence-electron chi connectivity index (χ1n) is 11.9. The van der Waals surface area contributed by atoms with Gasteiger partial charge in [-0.15, -0.1) is 11.8 Å². The van der Waals surface area contributed by atoms with Crippen LogP contribution in [0.5, 0.6) is 0 Å². The second-order valence-corrected chi connectivity index (χ2v) is 9.49. The molecule has 2 amide bonds. The molecule has 34 heavy (non-hydrogen) atoms. The van der Waals surface area contributed by atoms with E-state index in [1.165, 1.54) is 5.56 Å². The summed E-state index contributed by atoms with van der Waals surface area (Å²) in [5.74, 6) is 0.957. The zero-order valence-corrected chi connectivity index (χ0v) is 20.8. The molecule has 178 valence electrons. The molecule has 0 spiro atoms.